The lowest BCUT2D eigenvalue weighted by molar-refractivity contribution is -0.137. The fraction of sp³-hybridized carbons (Fsp3) is 0.0800. The van der Waals surface area contributed by atoms with Crippen molar-refractivity contribution in [1.29, 1.82) is 0 Å². The number of anilines is 1. The van der Waals surface area contributed by atoms with Gasteiger partial charge in [-0.05, 0) is 55.0 Å². The maximum Gasteiger partial charge on any atom is 0.328 e. The van der Waals surface area contributed by atoms with Gasteiger partial charge in [-0.2, -0.15) is 0 Å². The second kappa shape index (κ2) is 10.5. The van der Waals surface area contributed by atoms with E-state index in [0.717, 1.165) is 10.0 Å². The summed E-state index contributed by atoms with van der Waals surface area (Å²) in [6.07, 6.45) is 0. The summed E-state index contributed by atoms with van der Waals surface area (Å²) in [5.74, 6) is -2.28. The van der Waals surface area contributed by atoms with Crippen LogP contribution in [0.3, 0.4) is 0 Å². The van der Waals surface area contributed by atoms with E-state index in [9.17, 15) is 14.4 Å². The minimum Gasteiger partial charge on any atom is -0.341 e. The van der Waals surface area contributed by atoms with Gasteiger partial charge in [-0.3, -0.25) is 19.8 Å². The highest BCUT2D eigenvalue weighted by atomic mass is 79.9. The minimum atomic E-state index is -0.920. The Morgan fingerprint density at radius 1 is 0.886 bits per heavy atom. The van der Waals surface area contributed by atoms with Gasteiger partial charge in [0.15, 0.2) is 0 Å². The molecular weight excluding hydrogens is 555 g/mol. The van der Waals surface area contributed by atoms with Crippen LogP contribution in [0, 0.1) is 0 Å². The molecule has 0 radical (unpaired) electrons. The highest BCUT2D eigenvalue weighted by molar-refractivity contribution is 9.10. The Bertz CT molecular complexity index is 1440. The molecule has 0 saturated carbocycles. The summed E-state index contributed by atoms with van der Waals surface area (Å²) < 4.78 is 2.07. The first-order valence-electron chi connectivity index (χ1n) is 10.5. The highest BCUT2D eigenvalue weighted by Crippen LogP contribution is 2.27. The van der Waals surface area contributed by atoms with Crippen molar-refractivity contribution in [3.05, 3.63) is 98.6 Å². The van der Waals surface area contributed by atoms with Gasteiger partial charge in [0.25, 0.3) is 5.91 Å². The second-order valence-electron chi connectivity index (χ2n) is 7.70. The summed E-state index contributed by atoms with van der Waals surface area (Å²) in [5, 5.41) is 6.71. The first-order chi connectivity index (χ1) is 16.7. The average molecular weight is 574 g/mol. The van der Waals surface area contributed by atoms with Crippen molar-refractivity contribution in [3.63, 3.8) is 0 Å². The van der Waals surface area contributed by atoms with Gasteiger partial charge < -0.3 is 10.6 Å². The number of hydrogen-bond donors (Lipinski definition) is 3. The molecule has 7 nitrogen and oxygen atoms in total. The van der Waals surface area contributed by atoms with Crippen LogP contribution < -0.4 is 16.1 Å². The standard InChI is InChI=1S/C25H19BrCl2N4O3/c1-14(15-5-3-2-4-6-15)29-24(34)25(35)31-32-21-10-7-17(26)11-16(21)12-22(32)23(33)30-18-8-9-19(27)20(28)13-18/h2-14H,1H3,(H,29,34)(H,30,33)(H,31,35)/t14-/m0/s1. The lowest BCUT2D eigenvalue weighted by Crippen LogP contribution is -2.40. The quantitative estimate of drug-likeness (QED) is 0.259. The van der Waals surface area contributed by atoms with E-state index in [1.807, 2.05) is 30.3 Å². The molecule has 0 fully saturated rings. The van der Waals surface area contributed by atoms with E-state index in [4.69, 9.17) is 23.2 Å². The van der Waals surface area contributed by atoms with E-state index in [0.29, 0.717) is 21.6 Å². The van der Waals surface area contributed by atoms with Crippen LogP contribution in [0.25, 0.3) is 10.9 Å². The monoisotopic (exact) mass is 572 g/mol. The summed E-state index contributed by atoms with van der Waals surface area (Å²) in [6.45, 7) is 1.78. The summed E-state index contributed by atoms with van der Waals surface area (Å²) >= 11 is 15.4. The zero-order valence-corrected chi connectivity index (χ0v) is 21.4. The lowest BCUT2D eigenvalue weighted by atomic mass is 10.1. The molecule has 3 amide bonds. The van der Waals surface area contributed by atoms with E-state index in [2.05, 4.69) is 32.0 Å². The van der Waals surface area contributed by atoms with Gasteiger partial charge in [-0.1, -0.05) is 69.5 Å². The van der Waals surface area contributed by atoms with Gasteiger partial charge >= 0.3 is 11.8 Å². The Hall–Kier alpha value is -3.33. The summed E-state index contributed by atoms with van der Waals surface area (Å²) in [7, 11) is 0. The normalized spacial score (nSPS) is 11.7. The Morgan fingerprint density at radius 3 is 2.34 bits per heavy atom. The molecule has 1 heterocycles. The Kier molecular flexibility index (Phi) is 7.45. The summed E-state index contributed by atoms with van der Waals surface area (Å²) in [6, 6.07) is 20.5. The molecule has 4 aromatic rings. The van der Waals surface area contributed by atoms with E-state index in [1.165, 1.54) is 10.7 Å². The van der Waals surface area contributed by atoms with Crippen molar-refractivity contribution in [2.45, 2.75) is 13.0 Å². The second-order valence-corrected chi connectivity index (χ2v) is 9.43. The molecule has 1 aromatic heterocycles. The lowest BCUT2D eigenvalue weighted by Gasteiger charge is -2.16. The Balaban J connectivity index is 1.60. The zero-order chi connectivity index (χ0) is 25.1. The van der Waals surface area contributed by atoms with Gasteiger partial charge in [0.05, 0.1) is 21.6 Å². The Morgan fingerprint density at radius 2 is 1.63 bits per heavy atom. The zero-order valence-electron chi connectivity index (χ0n) is 18.3. The van der Waals surface area contributed by atoms with Crippen LogP contribution >= 0.6 is 39.1 Å². The van der Waals surface area contributed by atoms with E-state index >= 15 is 0 Å². The number of halogens is 3. The van der Waals surface area contributed by atoms with Crippen molar-refractivity contribution >= 4 is 73.4 Å². The molecule has 0 bridgehead atoms. The first-order valence-corrected chi connectivity index (χ1v) is 12.0. The highest BCUT2D eigenvalue weighted by Gasteiger charge is 2.22. The van der Waals surface area contributed by atoms with Crippen LogP contribution in [0.2, 0.25) is 10.0 Å². The third kappa shape index (κ3) is 5.67. The number of hydrogen-bond acceptors (Lipinski definition) is 3. The number of rotatable bonds is 5. The average Bonchev–Trinajstić information content (AvgIpc) is 3.19. The summed E-state index contributed by atoms with van der Waals surface area (Å²) in [4.78, 5) is 38.5. The Labute approximate surface area is 219 Å². The number of fused-ring (bicyclic) bond motifs is 1. The molecule has 0 unspecified atom stereocenters. The molecule has 178 valence electrons. The molecule has 0 spiro atoms. The molecule has 3 aromatic carbocycles. The largest absolute Gasteiger partial charge is 0.341 e. The number of carbonyl (C=O) groups is 3. The van der Waals surface area contributed by atoms with Gasteiger partial charge in [0, 0.05) is 15.5 Å². The molecule has 1 atom stereocenters. The van der Waals surface area contributed by atoms with Crippen molar-refractivity contribution in [1.82, 2.24) is 9.99 Å². The smallest absolute Gasteiger partial charge is 0.328 e. The number of nitrogens with one attached hydrogen (secondary N) is 3. The number of nitrogens with zero attached hydrogens (tertiary/aromatic N) is 1. The van der Waals surface area contributed by atoms with E-state index < -0.39 is 17.7 Å². The van der Waals surface area contributed by atoms with Crippen LogP contribution in [0.1, 0.15) is 29.0 Å². The molecule has 0 saturated heterocycles. The predicted octanol–water partition coefficient (Wildman–Crippen LogP) is 5.91. The number of carbonyl (C=O) groups excluding carboxylic acids is 3. The topological polar surface area (TPSA) is 92.2 Å². The van der Waals surface area contributed by atoms with Crippen molar-refractivity contribution in [3.8, 4) is 0 Å². The molecule has 4 rings (SSSR count). The summed E-state index contributed by atoms with van der Waals surface area (Å²) in [5.41, 5.74) is 4.46. The van der Waals surface area contributed by atoms with Crippen molar-refractivity contribution in [2.75, 3.05) is 10.7 Å². The van der Waals surface area contributed by atoms with E-state index in [-0.39, 0.29) is 16.8 Å². The predicted molar refractivity (Wildman–Crippen MR) is 141 cm³/mol. The maximum atomic E-state index is 13.1. The number of aromatic nitrogens is 1. The van der Waals surface area contributed by atoms with Crippen LogP contribution in [0.4, 0.5) is 5.69 Å². The number of benzene rings is 3. The molecule has 0 aliphatic heterocycles. The third-order valence-electron chi connectivity index (χ3n) is 5.24. The van der Waals surface area contributed by atoms with Gasteiger partial charge in [0.1, 0.15) is 5.69 Å². The number of amides is 3. The van der Waals surface area contributed by atoms with Gasteiger partial charge in [-0.15, -0.1) is 0 Å². The molecule has 3 N–H and O–H groups in total. The molecular formula is C25H19BrCl2N4O3. The SMILES string of the molecule is C[C@H](NC(=O)C(=O)Nn1c(C(=O)Nc2ccc(Cl)c(Cl)c2)cc2cc(Br)ccc21)c1ccccc1. The van der Waals surface area contributed by atoms with E-state index in [1.54, 1.807) is 43.3 Å². The third-order valence-corrected chi connectivity index (χ3v) is 6.47. The van der Waals surface area contributed by atoms with Crippen LogP contribution in [0.5, 0.6) is 0 Å². The molecule has 10 heteroatoms. The molecule has 35 heavy (non-hydrogen) atoms. The fourth-order valence-electron chi connectivity index (χ4n) is 3.48. The maximum absolute atomic E-state index is 13.1. The van der Waals surface area contributed by atoms with Crippen LogP contribution in [-0.2, 0) is 9.59 Å². The van der Waals surface area contributed by atoms with Crippen molar-refractivity contribution < 1.29 is 14.4 Å². The molecule has 0 aliphatic rings. The van der Waals surface area contributed by atoms with Gasteiger partial charge in [-0.25, -0.2) is 4.68 Å². The minimum absolute atomic E-state index is 0.112. The first kappa shape index (κ1) is 24.8. The molecule has 0 aliphatic carbocycles. The van der Waals surface area contributed by atoms with Gasteiger partial charge in [0.2, 0.25) is 0 Å². The fourth-order valence-corrected chi connectivity index (χ4v) is 4.16. The van der Waals surface area contributed by atoms with Crippen LogP contribution in [0.15, 0.2) is 77.3 Å². The van der Waals surface area contributed by atoms with Crippen LogP contribution in [-0.4, -0.2) is 22.4 Å². The van der Waals surface area contributed by atoms with Crippen molar-refractivity contribution in [2.24, 2.45) is 0 Å².